The number of amides is 1. The van der Waals surface area contributed by atoms with Gasteiger partial charge in [-0.15, -0.1) is 0 Å². The van der Waals surface area contributed by atoms with Gasteiger partial charge in [0.15, 0.2) is 0 Å². The molecule has 4 N–H and O–H groups in total. The number of likely N-dealkylation sites (N-methyl/N-ethyl adjacent to an activating group) is 1. The van der Waals surface area contributed by atoms with E-state index >= 15 is 0 Å². The molecule has 5 heteroatoms. The molecule has 0 fully saturated rings. The van der Waals surface area contributed by atoms with Crippen molar-refractivity contribution in [1.82, 2.24) is 0 Å². The molecule has 0 aliphatic rings. The molecule has 0 atom stereocenters. The SMILES string of the molecule is CN(CCN)c1cc(Cl)ccc1C(N)=O. The van der Waals surface area contributed by atoms with Crippen molar-refractivity contribution < 1.29 is 4.79 Å². The minimum absolute atomic E-state index is 0.454. The maximum atomic E-state index is 11.2. The third-order valence-corrected chi connectivity index (χ3v) is 2.34. The number of nitrogens with zero attached hydrogens (tertiary/aromatic N) is 1. The number of hydrogen-bond donors (Lipinski definition) is 2. The van der Waals surface area contributed by atoms with Crippen LogP contribution in [0, 0.1) is 0 Å². The third kappa shape index (κ3) is 2.84. The summed E-state index contributed by atoms with van der Waals surface area (Å²) < 4.78 is 0. The molecule has 0 aliphatic carbocycles. The van der Waals surface area contributed by atoms with E-state index in [0.29, 0.717) is 29.4 Å². The second-order valence-electron chi connectivity index (χ2n) is 3.24. The average molecular weight is 228 g/mol. The van der Waals surface area contributed by atoms with Gasteiger partial charge >= 0.3 is 0 Å². The van der Waals surface area contributed by atoms with Crippen molar-refractivity contribution in [1.29, 1.82) is 0 Å². The average Bonchev–Trinajstić information content (AvgIpc) is 2.17. The van der Waals surface area contributed by atoms with Gasteiger partial charge in [-0.1, -0.05) is 11.6 Å². The molecule has 82 valence electrons. The van der Waals surface area contributed by atoms with E-state index in [1.165, 1.54) is 0 Å². The van der Waals surface area contributed by atoms with Crippen molar-refractivity contribution in [3.63, 3.8) is 0 Å². The highest BCUT2D eigenvalue weighted by molar-refractivity contribution is 6.31. The van der Waals surface area contributed by atoms with Crippen molar-refractivity contribution in [2.24, 2.45) is 11.5 Å². The van der Waals surface area contributed by atoms with Gasteiger partial charge in [-0.2, -0.15) is 0 Å². The summed E-state index contributed by atoms with van der Waals surface area (Å²) in [6, 6.07) is 4.96. The lowest BCUT2D eigenvalue weighted by molar-refractivity contribution is 0.100. The van der Waals surface area contributed by atoms with Gasteiger partial charge in [0.2, 0.25) is 0 Å². The summed E-state index contributed by atoms with van der Waals surface area (Å²) in [5.74, 6) is -0.467. The smallest absolute Gasteiger partial charge is 0.250 e. The largest absolute Gasteiger partial charge is 0.373 e. The van der Waals surface area contributed by atoms with Crippen LogP contribution in [0.1, 0.15) is 10.4 Å². The predicted molar refractivity (Wildman–Crippen MR) is 62.3 cm³/mol. The Hall–Kier alpha value is -1.26. The molecule has 0 bridgehead atoms. The van der Waals surface area contributed by atoms with Crippen molar-refractivity contribution in [3.05, 3.63) is 28.8 Å². The Balaban J connectivity index is 3.12. The summed E-state index contributed by atoms with van der Waals surface area (Å²) in [7, 11) is 1.84. The number of halogens is 1. The third-order valence-electron chi connectivity index (χ3n) is 2.10. The molecular formula is C10H14ClN3O. The Bertz CT molecular complexity index is 368. The van der Waals surface area contributed by atoms with E-state index < -0.39 is 5.91 Å². The molecule has 0 radical (unpaired) electrons. The fraction of sp³-hybridized carbons (Fsp3) is 0.300. The van der Waals surface area contributed by atoms with Gasteiger partial charge in [0.05, 0.1) is 11.3 Å². The Morgan fingerprint density at radius 3 is 2.73 bits per heavy atom. The number of hydrogen-bond acceptors (Lipinski definition) is 3. The second-order valence-corrected chi connectivity index (χ2v) is 3.67. The fourth-order valence-corrected chi connectivity index (χ4v) is 1.51. The lowest BCUT2D eigenvalue weighted by Gasteiger charge is -2.20. The van der Waals surface area contributed by atoms with Crippen LogP contribution >= 0.6 is 11.6 Å². The Kier molecular flexibility index (Phi) is 3.94. The number of nitrogens with two attached hydrogens (primary N) is 2. The topological polar surface area (TPSA) is 72.3 Å². The summed E-state index contributed by atoms with van der Waals surface area (Å²) in [4.78, 5) is 13.0. The monoisotopic (exact) mass is 227 g/mol. The van der Waals surface area contributed by atoms with Crippen LogP contribution in [-0.4, -0.2) is 26.0 Å². The van der Waals surface area contributed by atoms with Crippen molar-refractivity contribution >= 4 is 23.2 Å². The van der Waals surface area contributed by atoms with Gasteiger partial charge in [-0.3, -0.25) is 4.79 Å². The lowest BCUT2D eigenvalue weighted by Crippen LogP contribution is -2.27. The molecule has 0 unspecified atom stereocenters. The molecule has 0 saturated heterocycles. The predicted octanol–water partition coefficient (Wildman–Crippen LogP) is 0.834. The van der Waals surface area contributed by atoms with Gasteiger partial charge in [0, 0.05) is 25.2 Å². The number of benzene rings is 1. The van der Waals surface area contributed by atoms with Crippen LogP contribution in [0.5, 0.6) is 0 Å². The zero-order valence-corrected chi connectivity index (χ0v) is 9.29. The minimum Gasteiger partial charge on any atom is -0.373 e. The van der Waals surface area contributed by atoms with Crippen LogP contribution in [0.25, 0.3) is 0 Å². The summed E-state index contributed by atoms with van der Waals surface area (Å²) >= 11 is 5.86. The number of rotatable bonds is 4. The summed E-state index contributed by atoms with van der Waals surface area (Å²) in [5, 5.41) is 0.568. The van der Waals surface area contributed by atoms with Gasteiger partial charge in [0.25, 0.3) is 5.91 Å². The van der Waals surface area contributed by atoms with Crippen LogP contribution in [-0.2, 0) is 0 Å². The molecule has 1 aromatic carbocycles. The molecule has 1 rings (SSSR count). The molecule has 0 saturated carbocycles. The van der Waals surface area contributed by atoms with Gasteiger partial charge in [-0.05, 0) is 18.2 Å². The van der Waals surface area contributed by atoms with Crippen molar-refractivity contribution in [3.8, 4) is 0 Å². The molecule has 0 heterocycles. The molecule has 0 spiro atoms. The maximum Gasteiger partial charge on any atom is 0.250 e. The van der Waals surface area contributed by atoms with E-state index in [-0.39, 0.29) is 0 Å². The van der Waals surface area contributed by atoms with Crippen LogP contribution < -0.4 is 16.4 Å². The van der Waals surface area contributed by atoms with Gasteiger partial charge in [-0.25, -0.2) is 0 Å². The van der Waals surface area contributed by atoms with Gasteiger partial charge in [0.1, 0.15) is 0 Å². The van der Waals surface area contributed by atoms with Crippen LogP contribution in [0.3, 0.4) is 0 Å². The lowest BCUT2D eigenvalue weighted by atomic mass is 10.1. The summed E-state index contributed by atoms with van der Waals surface area (Å²) in [6.45, 7) is 1.14. The highest BCUT2D eigenvalue weighted by Crippen LogP contribution is 2.23. The first-order valence-electron chi connectivity index (χ1n) is 4.57. The molecule has 1 amide bonds. The number of carbonyl (C=O) groups excluding carboxylic acids is 1. The van der Waals surface area contributed by atoms with E-state index in [0.717, 1.165) is 0 Å². The highest BCUT2D eigenvalue weighted by Gasteiger charge is 2.11. The molecule has 4 nitrogen and oxygen atoms in total. The molecule has 0 aliphatic heterocycles. The summed E-state index contributed by atoms with van der Waals surface area (Å²) in [5.41, 5.74) is 11.9. The van der Waals surface area contributed by atoms with E-state index in [4.69, 9.17) is 23.1 Å². The van der Waals surface area contributed by atoms with E-state index in [1.54, 1.807) is 18.2 Å². The quantitative estimate of drug-likeness (QED) is 0.801. The first-order valence-corrected chi connectivity index (χ1v) is 4.94. The molecular weight excluding hydrogens is 214 g/mol. The van der Waals surface area contributed by atoms with Crippen molar-refractivity contribution in [2.75, 3.05) is 25.0 Å². The van der Waals surface area contributed by atoms with Gasteiger partial charge < -0.3 is 16.4 Å². The normalized spacial score (nSPS) is 10.1. The van der Waals surface area contributed by atoms with E-state index in [1.807, 2.05) is 11.9 Å². The minimum atomic E-state index is -0.467. The number of carbonyl (C=O) groups is 1. The Morgan fingerprint density at radius 1 is 1.53 bits per heavy atom. The zero-order valence-electron chi connectivity index (χ0n) is 8.53. The zero-order chi connectivity index (χ0) is 11.4. The van der Waals surface area contributed by atoms with E-state index in [9.17, 15) is 4.79 Å². The van der Waals surface area contributed by atoms with Crippen LogP contribution in [0.15, 0.2) is 18.2 Å². The van der Waals surface area contributed by atoms with Crippen LogP contribution in [0.2, 0.25) is 5.02 Å². The first-order chi connectivity index (χ1) is 7.06. The first kappa shape index (κ1) is 11.8. The second kappa shape index (κ2) is 5.00. The maximum absolute atomic E-state index is 11.2. The fourth-order valence-electron chi connectivity index (χ4n) is 1.34. The molecule has 0 aromatic heterocycles. The number of primary amides is 1. The Morgan fingerprint density at radius 2 is 2.20 bits per heavy atom. The standard InChI is InChI=1S/C10H14ClN3O/c1-14(5-4-12)9-6-7(11)2-3-8(9)10(13)15/h2-3,6H,4-5,12H2,1H3,(H2,13,15). The number of anilines is 1. The molecule has 15 heavy (non-hydrogen) atoms. The van der Waals surface area contributed by atoms with E-state index in [2.05, 4.69) is 0 Å². The Labute approximate surface area is 93.8 Å². The summed E-state index contributed by atoms with van der Waals surface area (Å²) in [6.07, 6.45) is 0. The van der Waals surface area contributed by atoms with Crippen molar-refractivity contribution in [2.45, 2.75) is 0 Å². The highest BCUT2D eigenvalue weighted by atomic mass is 35.5. The van der Waals surface area contributed by atoms with Crippen LogP contribution in [0.4, 0.5) is 5.69 Å². The molecule has 1 aromatic rings.